The molecule has 0 saturated carbocycles. The predicted molar refractivity (Wildman–Crippen MR) is 42.7 cm³/mol. The van der Waals surface area contributed by atoms with Crippen molar-refractivity contribution in [1.29, 1.82) is 0 Å². The molecule has 0 rings (SSSR count). The summed E-state index contributed by atoms with van der Waals surface area (Å²) in [5, 5.41) is 0. The number of hydrogen-bond donors (Lipinski definition) is 1. The van der Waals surface area contributed by atoms with Crippen LogP contribution in [0.4, 0.5) is 0 Å². The zero-order valence-corrected chi connectivity index (χ0v) is 7.05. The third kappa shape index (κ3) is 2.48. The first-order valence-electron chi connectivity index (χ1n) is 3.84. The van der Waals surface area contributed by atoms with Crippen LogP contribution in [0.1, 0.15) is 27.2 Å². The summed E-state index contributed by atoms with van der Waals surface area (Å²) in [4.78, 5) is 10.9. The minimum absolute atomic E-state index is 0.0741. The van der Waals surface area contributed by atoms with Crippen molar-refractivity contribution >= 4 is 5.78 Å². The zero-order chi connectivity index (χ0) is 8.15. The molecule has 0 aromatic heterocycles. The van der Waals surface area contributed by atoms with Crippen LogP contribution in [0, 0.1) is 11.8 Å². The van der Waals surface area contributed by atoms with Crippen LogP contribution in [-0.2, 0) is 4.79 Å². The summed E-state index contributed by atoms with van der Waals surface area (Å²) in [5.41, 5.74) is 5.43. The number of carbonyl (C=O) groups is 1. The number of Topliss-reactive ketones (excluding diaryl/α,β-unsaturated/α-hetero) is 1. The topological polar surface area (TPSA) is 43.1 Å². The Morgan fingerprint density at radius 1 is 1.60 bits per heavy atom. The second-order valence-electron chi connectivity index (χ2n) is 2.84. The van der Waals surface area contributed by atoms with Crippen molar-refractivity contribution in [2.75, 3.05) is 6.54 Å². The lowest BCUT2D eigenvalue weighted by Gasteiger charge is -2.17. The van der Waals surface area contributed by atoms with E-state index in [4.69, 9.17) is 5.73 Å². The molecule has 10 heavy (non-hydrogen) atoms. The standard InChI is InChI=1S/C8H17NO/c1-4-6(2)8(5-9)7(3)10/h6,8H,4-5,9H2,1-3H3. The molecule has 0 saturated heterocycles. The van der Waals surface area contributed by atoms with Gasteiger partial charge in [-0.2, -0.15) is 0 Å². The third-order valence-corrected chi connectivity index (χ3v) is 2.11. The molecule has 0 aliphatic heterocycles. The first-order valence-corrected chi connectivity index (χ1v) is 3.84. The van der Waals surface area contributed by atoms with E-state index < -0.39 is 0 Å². The zero-order valence-electron chi connectivity index (χ0n) is 7.05. The van der Waals surface area contributed by atoms with Crippen LogP contribution in [0.3, 0.4) is 0 Å². The van der Waals surface area contributed by atoms with E-state index in [0.717, 1.165) is 6.42 Å². The number of ketones is 1. The molecule has 0 amide bonds. The largest absolute Gasteiger partial charge is 0.330 e. The molecule has 0 aromatic carbocycles. The van der Waals surface area contributed by atoms with Crippen LogP contribution in [0.2, 0.25) is 0 Å². The highest BCUT2D eigenvalue weighted by molar-refractivity contribution is 5.78. The average molecular weight is 143 g/mol. The van der Waals surface area contributed by atoms with Crippen LogP contribution in [-0.4, -0.2) is 12.3 Å². The lowest BCUT2D eigenvalue weighted by atomic mass is 9.89. The molecule has 2 heteroatoms. The average Bonchev–Trinajstić information content (AvgIpc) is 1.88. The molecule has 2 atom stereocenters. The van der Waals surface area contributed by atoms with Gasteiger partial charge < -0.3 is 5.73 Å². The lowest BCUT2D eigenvalue weighted by molar-refractivity contribution is -0.121. The van der Waals surface area contributed by atoms with Gasteiger partial charge in [-0.25, -0.2) is 0 Å². The van der Waals surface area contributed by atoms with Gasteiger partial charge in [0.15, 0.2) is 0 Å². The van der Waals surface area contributed by atoms with E-state index in [9.17, 15) is 4.79 Å². The Morgan fingerprint density at radius 3 is 2.20 bits per heavy atom. The van der Waals surface area contributed by atoms with Gasteiger partial charge in [-0.3, -0.25) is 4.79 Å². The first-order chi connectivity index (χ1) is 4.63. The third-order valence-electron chi connectivity index (χ3n) is 2.11. The summed E-state index contributed by atoms with van der Waals surface area (Å²) in [7, 11) is 0. The summed E-state index contributed by atoms with van der Waals surface area (Å²) in [6, 6.07) is 0. The molecule has 0 aromatic rings. The summed E-state index contributed by atoms with van der Waals surface area (Å²) >= 11 is 0. The Balaban J connectivity index is 3.92. The van der Waals surface area contributed by atoms with Crippen molar-refractivity contribution in [3.8, 4) is 0 Å². The van der Waals surface area contributed by atoms with Crippen molar-refractivity contribution < 1.29 is 4.79 Å². The fourth-order valence-corrected chi connectivity index (χ4v) is 1.08. The molecule has 0 aliphatic carbocycles. The minimum atomic E-state index is 0.0741. The van der Waals surface area contributed by atoms with Gasteiger partial charge in [-0.1, -0.05) is 20.3 Å². The van der Waals surface area contributed by atoms with Gasteiger partial charge in [0.05, 0.1) is 0 Å². The Bertz CT molecular complexity index is 112. The molecule has 2 unspecified atom stereocenters. The van der Waals surface area contributed by atoms with Crippen molar-refractivity contribution in [3.05, 3.63) is 0 Å². The Labute approximate surface area is 62.8 Å². The molecule has 60 valence electrons. The fraction of sp³-hybridized carbons (Fsp3) is 0.875. The van der Waals surface area contributed by atoms with E-state index >= 15 is 0 Å². The summed E-state index contributed by atoms with van der Waals surface area (Å²) in [6.45, 7) is 6.25. The van der Waals surface area contributed by atoms with Crippen LogP contribution in [0.5, 0.6) is 0 Å². The van der Waals surface area contributed by atoms with Gasteiger partial charge in [0, 0.05) is 12.5 Å². The highest BCUT2D eigenvalue weighted by Gasteiger charge is 2.17. The molecule has 2 nitrogen and oxygen atoms in total. The van der Waals surface area contributed by atoms with Gasteiger partial charge >= 0.3 is 0 Å². The molecule has 0 bridgehead atoms. The maximum Gasteiger partial charge on any atom is 0.134 e. The predicted octanol–water partition coefficient (Wildman–Crippen LogP) is 1.20. The molecular weight excluding hydrogens is 126 g/mol. The van der Waals surface area contributed by atoms with E-state index in [2.05, 4.69) is 13.8 Å². The maximum atomic E-state index is 10.9. The lowest BCUT2D eigenvalue weighted by Crippen LogP contribution is -2.27. The number of hydrogen-bond acceptors (Lipinski definition) is 2. The van der Waals surface area contributed by atoms with Crippen LogP contribution in [0.25, 0.3) is 0 Å². The molecule has 0 heterocycles. The van der Waals surface area contributed by atoms with E-state index in [-0.39, 0.29) is 11.7 Å². The van der Waals surface area contributed by atoms with Gasteiger partial charge in [0.2, 0.25) is 0 Å². The number of carbonyl (C=O) groups excluding carboxylic acids is 1. The monoisotopic (exact) mass is 143 g/mol. The number of rotatable bonds is 4. The van der Waals surface area contributed by atoms with Gasteiger partial charge in [-0.05, 0) is 12.8 Å². The number of nitrogens with two attached hydrogens (primary N) is 1. The quantitative estimate of drug-likeness (QED) is 0.642. The van der Waals surface area contributed by atoms with Gasteiger partial charge in [-0.15, -0.1) is 0 Å². The van der Waals surface area contributed by atoms with E-state index in [1.807, 2.05) is 0 Å². The summed E-state index contributed by atoms with van der Waals surface area (Å²) < 4.78 is 0. The van der Waals surface area contributed by atoms with Crippen LogP contribution < -0.4 is 5.73 Å². The van der Waals surface area contributed by atoms with Crippen molar-refractivity contribution in [2.45, 2.75) is 27.2 Å². The highest BCUT2D eigenvalue weighted by Crippen LogP contribution is 2.14. The molecule has 2 N–H and O–H groups in total. The van der Waals surface area contributed by atoms with Gasteiger partial charge in [0.1, 0.15) is 5.78 Å². The van der Waals surface area contributed by atoms with Crippen molar-refractivity contribution in [2.24, 2.45) is 17.6 Å². The normalized spacial score (nSPS) is 16.4. The highest BCUT2D eigenvalue weighted by atomic mass is 16.1. The van der Waals surface area contributed by atoms with E-state index in [1.54, 1.807) is 6.92 Å². The van der Waals surface area contributed by atoms with Crippen LogP contribution in [0.15, 0.2) is 0 Å². The Kier molecular flexibility index (Phi) is 4.28. The summed E-state index contributed by atoms with van der Waals surface area (Å²) in [5.74, 6) is 0.726. The molecule has 0 radical (unpaired) electrons. The maximum absolute atomic E-state index is 10.9. The Hall–Kier alpha value is -0.370. The summed E-state index contributed by atoms with van der Waals surface area (Å²) in [6.07, 6.45) is 1.03. The minimum Gasteiger partial charge on any atom is -0.330 e. The van der Waals surface area contributed by atoms with Gasteiger partial charge in [0.25, 0.3) is 0 Å². The van der Waals surface area contributed by atoms with E-state index in [0.29, 0.717) is 12.5 Å². The van der Waals surface area contributed by atoms with Crippen molar-refractivity contribution in [1.82, 2.24) is 0 Å². The SMILES string of the molecule is CCC(C)C(CN)C(C)=O. The van der Waals surface area contributed by atoms with Crippen molar-refractivity contribution in [3.63, 3.8) is 0 Å². The molecule has 0 aliphatic rings. The second kappa shape index (κ2) is 4.45. The molecule has 0 fully saturated rings. The second-order valence-corrected chi connectivity index (χ2v) is 2.84. The Morgan fingerprint density at radius 2 is 2.10 bits per heavy atom. The fourth-order valence-electron chi connectivity index (χ4n) is 1.08. The smallest absolute Gasteiger partial charge is 0.134 e. The van der Waals surface area contributed by atoms with E-state index in [1.165, 1.54) is 0 Å². The molecular formula is C8H17NO. The molecule has 0 spiro atoms. The van der Waals surface area contributed by atoms with Crippen LogP contribution >= 0.6 is 0 Å². The first kappa shape index (κ1) is 9.63.